The number of rotatable bonds is 4. The number of amides is 1. The molecule has 1 aromatic carbocycles. The van der Waals surface area contributed by atoms with Crippen molar-refractivity contribution >= 4 is 29.1 Å². The summed E-state index contributed by atoms with van der Waals surface area (Å²) >= 11 is 11.7. The molecule has 3 nitrogen and oxygen atoms in total. The molecule has 1 N–H and O–H groups in total. The van der Waals surface area contributed by atoms with Gasteiger partial charge in [0.15, 0.2) is 0 Å². The Morgan fingerprint density at radius 2 is 2.00 bits per heavy atom. The van der Waals surface area contributed by atoms with Crippen LogP contribution in [0.5, 0.6) is 0 Å². The van der Waals surface area contributed by atoms with Crippen molar-refractivity contribution in [2.75, 3.05) is 6.54 Å². The highest BCUT2D eigenvalue weighted by molar-refractivity contribution is 6.39. The van der Waals surface area contributed by atoms with Crippen LogP contribution >= 0.6 is 23.2 Å². The highest BCUT2D eigenvalue weighted by Crippen LogP contribution is 2.23. The zero-order valence-corrected chi connectivity index (χ0v) is 9.98. The number of nitriles is 1. The van der Waals surface area contributed by atoms with Crippen molar-refractivity contribution in [3.05, 3.63) is 33.8 Å². The van der Waals surface area contributed by atoms with Gasteiger partial charge in [0.2, 0.25) is 0 Å². The fraction of sp³-hybridized carbons (Fsp3) is 0.273. The van der Waals surface area contributed by atoms with Crippen molar-refractivity contribution in [3.63, 3.8) is 0 Å². The maximum atomic E-state index is 11.7. The number of halogens is 2. The van der Waals surface area contributed by atoms with Gasteiger partial charge in [-0.25, -0.2) is 0 Å². The smallest absolute Gasteiger partial charge is 0.254 e. The molecule has 16 heavy (non-hydrogen) atoms. The highest BCUT2D eigenvalue weighted by Gasteiger charge is 2.13. The van der Waals surface area contributed by atoms with Crippen molar-refractivity contribution in [1.29, 1.82) is 5.26 Å². The molecule has 0 radical (unpaired) electrons. The van der Waals surface area contributed by atoms with Crippen LogP contribution in [0.4, 0.5) is 0 Å². The van der Waals surface area contributed by atoms with Crippen molar-refractivity contribution < 1.29 is 4.79 Å². The molecule has 0 bridgehead atoms. The Hall–Kier alpha value is -1.24. The summed E-state index contributed by atoms with van der Waals surface area (Å²) in [5, 5.41) is 11.6. The van der Waals surface area contributed by atoms with E-state index in [4.69, 9.17) is 28.5 Å². The minimum Gasteiger partial charge on any atom is -0.352 e. The lowest BCUT2D eigenvalue weighted by Gasteiger charge is -2.07. The first kappa shape index (κ1) is 12.8. The molecule has 0 aromatic heterocycles. The molecular weight excluding hydrogens is 247 g/mol. The second-order valence-electron chi connectivity index (χ2n) is 3.11. The summed E-state index contributed by atoms with van der Waals surface area (Å²) in [5.74, 6) is -0.312. The number of carbonyl (C=O) groups excluding carboxylic acids is 1. The molecule has 0 fully saturated rings. The monoisotopic (exact) mass is 256 g/mol. The molecule has 5 heteroatoms. The lowest BCUT2D eigenvalue weighted by atomic mass is 10.2. The van der Waals surface area contributed by atoms with Crippen molar-refractivity contribution in [1.82, 2.24) is 5.32 Å². The number of unbranched alkanes of at least 4 members (excludes halogenated alkanes) is 1. The minimum atomic E-state index is -0.312. The van der Waals surface area contributed by atoms with Gasteiger partial charge in [-0.3, -0.25) is 4.79 Å². The molecule has 0 aliphatic heterocycles. The predicted molar refractivity (Wildman–Crippen MR) is 63.6 cm³/mol. The van der Waals surface area contributed by atoms with Crippen LogP contribution in [-0.2, 0) is 0 Å². The number of nitrogens with one attached hydrogen (secondary N) is 1. The summed E-state index contributed by atoms with van der Waals surface area (Å²) in [6, 6.07) is 6.90. The topological polar surface area (TPSA) is 52.9 Å². The molecule has 0 unspecified atom stereocenters. The van der Waals surface area contributed by atoms with Gasteiger partial charge in [-0.1, -0.05) is 29.3 Å². The molecule has 0 heterocycles. The Bertz CT molecular complexity index is 406. The van der Waals surface area contributed by atoms with Gasteiger partial charge in [-0.05, 0) is 18.6 Å². The normalized spacial score (nSPS) is 9.56. The number of carbonyl (C=O) groups is 1. The van der Waals surface area contributed by atoms with Gasteiger partial charge in [0, 0.05) is 13.0 Å². The van der Waals surface area contributed by atoms with E-state index < -0.39 is 0 Å². The van der Waals surface area contributed by atoms with Crippen LogP contribution in [0, 0.1) is 11.3 Å². The van der Waals surface area contributed by atoms with E-state index >= 15 is 0 Å². The summed E-state index contributed by atoms with van der Waals surface area (Å²) in [6.07, 6.45) is 1.03. The Balaban J connectivity index is 2.63. The molecule has 1 aromatic rings. The number of nitrogens with zero attached hydrogens (tertiary/aromatic N) is 1. The van der Waals surface area contributed by atoms with Crippen LogP contribution in [0.1, 0.15) is 23.2 Å². The van der Waals surface area contributed by atoms with Gasteiger partial charge in [-0.15, -0.1) is 0 Å². The third-order valence-corrected chi connectivity index (χ3v) is 2.57. The molecule has 1 rings (SSSR count). The molecule has 0 saturated heterocycles. The van der Waals surface area contributed by atoms with E-state index in [1.807, 2.05) is 6.07 Å². The van der Waals surface area contributed by atoms with Gasteiger partial charge in [0.25, 0.3) is 5.91 Å². The van der Waals surface area contributed by atoms with Crippen molar-refractivity contribution in [2.24, 2.45) is 0 Å². The molecule has 0 atom stereocenters. The summed E-state index contributed by atoms with van der Waals surface area (Å²) in [5.41, 5.74) is 0.280. The van der Waals surface area contributed by atoms with Gasteiger partial charge < -0.3 is 5.32 Å². The van der Waals surface area contributed by atoms with Gasteiger partial charge >= 0.3 is 0 Å². The van der Waals surface area contributed by atoms with E-state index in [2.05, 4.69) is 5.32 Å². The quantitative estimate of drug-likeness (QED) is 0.843. The number of hydrogen-bond acceptors (Lipinski definition) is 2. The predicted octanol–water partition coefficient (Wildman–Crippen LogP) is 3.03. The van der Waals surface area contributed by atoms with Crippen molar-refractivity contribution in [3.8, 4) is 6.07 Å². The second-order valence-corrected chi connectivity index (χ2v) is 3.93. The molecule has 84 valence electrons. The lowest BCUT2D eigenvalue weighted by Crippen LogP contribution is -2.25. The SMILES string of the molecule is N#CCCCNC(=O)c1c(Cl)cccc1Cl. The molecule has 0 saturated carbocycles. The zero-order valence-electron chi connectivity index (χ0n) is 8.46. The van der Waals surface area contributed by atoms with E-state index in [1.54, 1.807) is 18.2 Å². The third kappa shape index (κ3) is 3.41. The van der Waals surface area contributed by atoms with Crippen LogP contribution in [0.3, 0.4) is 0 Å². The molecular formula is C11H10Cl2N2O. The van der Waals surface area contributed by atoms with E-state index in [1.165, 1.54) is 0 Å². The minimum absolute atomic E-state index is 0.280. The Morgan fingerprint density at radius 3 is 2.56 bits per heavy atom. The Kier molecular flexibility index (Phi) is 5.10. The zero-order chi connectivity index (χ0) is 12.0. The van der Waals surface area contributed by atoms with Crippen LogP contribution in [0.25, 0.3) is 0 Å². The second kappa shape index (κ2) is 6.37. The van der Waals surface area contributed by atoms with E-state index in [0.29, 0.717) is 29.4 Å². The van der Waals surface area contributed by atoms with E-state index in [0.717, 1.165) is 0 Å². The summed E-state index contributed by atoms with van der Waals surface area (Å²) in [7, 11) is 0. The lowest BCUT2D eigenvalue weighted by molar-refractivity contribution is 0.0953. The largest absolute Gasteiger partial charge is 0.352 e. The van der Waals surface area contributed by atoms with E-state index in [-0.39, 0.29) is 11.5 Å². The summed E-state index contributed by atoms with van der Waals surface area (Å²) < 4.78 is 0. The average molecular weight is 257 g/mol. The molecule has 0 aliphatic rings. The first-order valence-electron chi connectivity index (χ1n) is 4.76. The highest BCUT2D eigenvalue weighted by atomic mass is 35.5. The molecule has 0 spiro atoms. The third-order valence-electron chi connectivity index (χ3n) is 1.94. The maximum absolute atomic E-state index is 11.7. The van der Waals surface area contributed by atoms with Crippen LogP contribution < -0.4 is 5.32 Å². The van der Waals surface area contributed by atoms with Gasteiger partial charge in [0.1, 0.15) is 0 Å². The number of hydrogen-bond donors (Lipinski definition) is 1. The van der Waals surface area contributed by atoms with Crippen LogP contribution in [0.2, 0.25) is 10.0 Å². The first-order valence-corrected chi connectivity index (χ1v) is 5.51. The van der Waals surface area contributed by atoms with Crippen LogP contribution in [-0.4, -0.2) is 12.5 Å². The fourth-order valence-corrected chi connectivity index (χ4v) is 1.74. The van der Waals surface area contributed by atoms with Gasteiger partial charge in [-0.2, -0.15) is 5.26 Å². The summed E-state index contributed by atoms with van der Waals surface area (Å²) in [6.45, 7) is 0.438. The van der Waals surface area contributed by atoms with Gasteiger partial charge in [0.05, 0.1) is 21.7 Å². The standard InChI is InChI=1S/C11H10Cl2N2O/c12-8-4-3-5-9(13)10(8)11(16)15-7-2-1-6-14/h3-5H,1-2,7H2,(H,15,16). The Morgan fingerprint density at radius 1 is 1.38 bits per heavy atom. The van der Waals surface area contributed by atoms with E-state index in [9.17, 15) is 4.79 Å². The van der Waals surface area contributed by atoms with Crippen molar-refractivity contribution in [2.45, 2.75) is 12.8 Å². The number of benzene rings is 1. The molecule has 0 aliphatic carbocycles. The van der Waals surface area contributed by atoms with Crippen LogP contribution in [0.15, 0.2) is 18.2 Å². The molecule has 1 amide bonds. The summed E-state index contributed by atoms with van der Waals surface area (Å²) in [4.78, 5) is 11.7. The fourth-order valence-electron chi connectivity index (χ4n) is 1.17. The Labute approximate surface area is 104 Å². The maximum Gasteiger partial charge on any atom is 0.254 e. The first-order chi connectivity index (χ1) is 7.66. The average Bonchev–Trinajstić information content (AvgIpc) is 2.24.